The number of nitrogen functional groups attached to an aromatic ring is 1. The minimum atomic E-state index is 0.913. The predicted molar refractivity (Wildman–Crippen MR) is 65.0 cm³/mol. The van der Waals surface area contributed by atoms with Crippen LogP contribution in [-0.4, -0.2) is 3.76 Å². The summed E-state index contributed by atoms with van der Waals surface area (Å²) in [6.07, 6.45) is 1.05. The highest BCUT2D eigenvalue weighted by Gasteiger charge is 1.98. The van der Waals surface area contributed by atoms with Crippen LogP contribution in [-0.2, 0) is 6.42 Å². The van der Waals surface area contributed by atoms with E-state index in [4.69, 9.17) is 5.73 Å². The van der Waals surface area contributed by atoms with Crippen LogP contribution in [0.5, 0.6) is 0 Å². The average molecular weight is 293 g/mol. The molecule has 0 bridgehead atoms. The van der Waals surface area contributed by atoms with Gasteiger partial charge in [0, 0.05) is 10.6 Å². The first kappa shape index (κ1) is 10.2. The number of hydrogen-bond donors (Lipinski definition) is 1. The molecule has 0 aromatic heterocycles. The Morgan fingerprint density at radius 3 is 2.75 bits per heavy atom. The van der Waals surface area contributed by atoms with E-state index in [1.807, 2.05) is 0 Å². The molecule has 1 nitrogen and oxygen atoms in total. The highest BCUT2D eigenvalue weighted by molar-refractivity contribution is 14.1. The topological polar surface area (TPSA) is 26.0 Å². The molecule has 0 aliphatic rings. The van der Waals surface area contributed by atoms with Gasteiger partial charge < -0.3 is 5.73 Å². The van der Waals surface area contributed by atoms with Gasteiger partial charge >= 0.3 is 0 Å². The van der Waals surface area contributed by atoms with Crippen LogP contribution in [0.25, 0.3) is 0 Å². The lowest BCUT2D eigenvalue weighted by molar-refractivity contribution is 1.13. The third-order valence-corrected chi connectivity index (χ3v) is 3.42. The summed E-state index contributed by atoms with van der Waals surface area (Å²) in [5.74, 6) is 0. The van der Waals surface area contributed by atoms with Crippen LogP contribution in [0.4, 0.5) is 5.69 Å². The van der Waals surface area contributed by atoms with Crippen molar-refractivity contribution in [1.82, 2.24) is 0 Å². The maximum atomic E-state index is 5.86. The second-order valence-electron chi connectivity index (χ2n) is 2.48. The number of alkyl halides is 1. The van der Waals surface area contributed by atoms with Gasteiger partial charge in [0.05, 0.1) is 3.76 Å². The SMILES string of the molecule is CCc1ccc(SCI)c(N)c1. The van der Waals surface area contributed by atoms with E-state index >= 15 is 0 Å². The van der Waals surface area contributed by atoms with Crippen LogP contribution >= 0.6 is 34.4 Å². The Kier molecular flexibility index (Phi) is 4.21. The molecule has 12 heavy (non-hydrogen) atoms. The Morgan fingerprint density at radius 1 is 1.50 bits per heavy atom. The van der Waals surface area contributed by atoms with E-state index in [1.165, 1.54) is 10.5 Å². The van der Waals surface area contributed by atoms with Crippen molar-refractivity contribution in [3.8, 4) is 0 Å². The van der Waals surface area contributed by atoms with Crippen LogP contribution in [0.15, 0.2) is 23.1 Å². The highest BCUT2D eigenvalue weighted by atomic mass is 127. The minimum Gasteiger partial charge on any atom is -0.398 e. The van der Waals surface area contributed by atoms with Crippen LogP contribution in [0.3, 0.4) is 0 Å². The summed E-state index contributed by atoms with van der Waals surface area (Å²) in [5.41, 5.74) is 8.08. The van der Waals surface area contributed by atoms with Gasteiger partial charge in [-0.15, -0.1) is 11.8 Å². The Hall–Kier alpha value is 0.1000. The number of benzene rings is 1. The molecule has 0 fully saturated rings. The lowest BCUT2D eigenvalue weighted by Gasteiger charge is -2.04. The summed E-state index contributed by atoms with van der Waals surface area (Å²) in [5, 5.41) is 0. The number of aryl methyl sites for hydroxylation is 1. The predicted octanol–water partition coefficient (Wildman–Crippen LogP) is 3.32. The number of halogens is 1. The van der Waals surface area contributed by atoms with E-state index in [0.717, 1.165) is 15.9 Å². The zero-order valence-corrected chi connectivity index (χ0v) is 9.98. The minimum absolute atomic E-state index is 0.913. The van der Waals surface area contributed by atoms with Gasteiger partial charge in [0.1, 0.15) is 0 Å². The zero-order chi connectivity index (χ0) is 8.97. The van der Waals surface area contributed by atoms with E-state index < -0.39 is 0 Å². The van der Waals surface area contributed by atoms with Crippen molar-refractivity contribution in [1.29, 1.82) is 0 Å². The molecular weight excluding hydrogens is 281 g/mol. The lowest BCUT2D eigenvalue weighted by atomic mass is 10.1. The highest BCUT2D eigenvalue weighted by Crippen LogP contribution is 2.27. The molecule has 0 saturated carbocycles. The van der Waals surface area contributed by atoms with Crippen molar-refractivity contribution in [2.24, 2.45) is 0 Å². The van der Waals surface area contributed by atoms with Crippen molar-refractivity contribution in [2.45, 2.75) is 18.2 Å². The molecule has 0 aliphatic carbocycles. The molecule has 1 aromatic carbocycles. The van der Waals surface area contributed by atoms with Crippen LogP contribution < -0.4 is 5.73 Å². The molecule has 66 valence electrons. The first-order chi connectivity index (χ1) is 5.77. The molecule has 0 saturated heterocycles. The fourth-order valence-corrected chi connectivity index (χ4v) is 2.52. The van der Waals surface area contributed by atoms with Gasteiger partial charge in [-0.05, 0) is 24.1 Å². The van der Waals surface area contributed by atoms with Crippen molar-refractivity contribution < 1.29 is 0 Å². The summed E-state index contributed by atoms with van der Waals surface area (Å²) in [4.78, 5) is 1.20. The lowest BCUT2D eigenvalue weighted by Crippen LogP contribution is -1.90. The molecule has 3 heteroatoms. The molecular formula is C9H12INS. The second-order valence-corrected chi connectivity index (χ2v) is 5.29. The molecule has 0 spiro atoms. The van der Waals surface area contributed by atoms with Gasteiger partial charge in [-0.3, -0.25) is 0 Å². The summed E-state index contributed by atoms with van der Waals surface area (Å²) < 4.78 is 1.05. The van der Waals surface area contributed by atoms with Crippen LogP contribution in [0, 0.1) is 0 Å². The Labute approximate surface area is 91.3 Å². The average Bonchev–Trinajstić information content (AvgIpc) is 2.09. The van der Waals surface area contributed by atoms with Crippen molar-refractivity contribution in [2.75, 3.05) is 9.49 Å². The van der Waals surface area contributed by atoms with E-state index in [-0.39, 0.29) is 0 Å². The second kappa shape index (κ2) is 4.97. The molecule has 1 rings (SSSR count). The van der Waals surface area contributed by atoms with E-state index in [0.29, 0.717) is 0 Å². The maximum Gasteiger partial charge on any atom is 0.0502 e. The molecule has 2 N–H and O–H groups in total. The third-order valence-electron chi connectivity index (χ3n) is 1.69. The molecule has 0 unspecified atom stereocenters. The van der Waals surface area contributed by atoms with Crippen molar-refractivity contribution in [3.05, 3.63) is 23.8 Å². The molecule has 0 radical (unpaired) electrons. The Balaban J connectivity index is 2.87. The number of anilines is 1. The maximum absolute atomic E-state index is 5.86. The number of rotatable bonds is 3. The van der Waals surface area contributed by atoms with E-state index in [2.05, 4.69) is 47.7 Å². The van der Waals surface area contributed by atoms with Crippen LogP contribution in [0.1, 0.15) is 12.5 Å². The molecule has 0 amide bonds. The summed E-state index contributed by atoms with van der Waals surface area (Å²) in [6.45, 7) is 2.14. The zero-order valence-electron chi connectivity index (χ0n) is 7.01. The first-order valence-corrected chi connectivity index (χ1v) is 6.36. The first-order valence-electron chi connectivity index (χ1n) is 3.85. The summed E-state index contributed by atoms with van der Waals surface area (Å²) in [7, 11) is 0. The fraction of sp³-hybridized carbons (Fsp3) is 0.333. The number of thioether (sulfide) groups is 1. The Bertz CT molecular complexity index is 263. The Morgan fingerprint density at radius 2 is 2.25 bits per heavy atom. The molecule has 1 aromatic rings. The number of hydrogen-bond acceptors (Lipinski definition) is 2. The van der Waals surface area contributed by atoms with Crippen LogP contribution in [0.2, 0.25) is 0 Å². The van der Waals surface area contributed by atoms with Gasteiger partial charge in [0.15, 0.2) is 0 Å². The normalized spacial score (nSPS) is 10.2. The fourth-order valence-electron chi connectivity index (χ4n) is 1.01. The van der Waals surface area contributed by atoms with Crippen molar-refractivity contribution >= 4 is 40.0 Å². The largest absolute Gasteiger partial charge is 0.398 e. The molecule has 0 aliphatic heterocycles. The summed E-state index contributed by atoms with van der Waals surface area (Å²) >= 11 is 4.12. The van der Waals surface area contributed by atoms with Gasteiger partial charge in [0.2, 0.25) is 0 Å². The standard InChI is InChI=1S/C9H12INS/c1-2-7-3-4-9(12-6-10)8(11)5-7/h3-5H,2,6,11H2,1H3. The third kappa shape index (κ3) is 2.55. The quantitative estimate of drug-likeness (QED) is 0.400. The van der Waals surface area contributed by atoms with Gasteiger partial charge in [-0.2, -0.15) is 0 Å². The van der Waals surface area contributed by atoms with Gasteiger partial charge in [0.25, 0.3) is 0 Å². The number of nitrogens with two attached hydrogens (primary N) is 1. The van der Waals surface area contributed by atoms with E-state index in [9.17, 15) is 0 Å². The smallest absolute Gasteiger partial charge is 0.0502 e. The van der Waals surface area contributed by atoms with Gasteiger partial charge in [-0.1, -0.05) is 35.6 Å². The van der Waals surface area contributed by atoms with E-state index in [1.54, 1.807) is 11.8 Å². The molecule has 0 heterocycles. The molecule has 0 atom stereocenters. The van der Waals surface area contributed by atoms with Gasteiger partial charge in [-0.25, -0.2) is 0 Å². The summed E-state index contributed by atoms with van der Waals surface area (Å²) in [6, 6.07) is 6.32. The van der Waals surface area contributed by atoms with Crippen molar-refractivity contribution in [3.63, 3.8) is 0 Å². The monoisotopic (exact) mass is 293 g/mol.